The molecule has 0 radical (unpaired) electrons. The highest BCUT2D eigenvalue weighted by Crippen LogP contribution is 2.60. The lowest BCUT2D eigenvalue weighted by Gasteiger charge is -2.55. The van der Waals surface area contributed by atoms with Gasteiger partial charge in [0.05, 0.1) is 5.75 Å². The molecule has 6 rings (SSSR count). The Hall–Kier alpha value is -1.82. The molecule has 1 aromatic heterocycles. The molecule has 0 unspecified atom stereocenters. The minimum Gasteiger partial charge on any atom is -0.325 e. The molecular weight excluding hydrogens is 368 g/mol. The highest BCUT2D eigenvalue weighted by atomic mass is 32.2. The van der Waals surface area contributed by atoms with E-state index in [2.05, 4.69) is 21.6 Å². The summed E-state index contributed by atoms with van der Waals surface area (Å²) < 4.78 is 0. The fourth-order valence-electron chi connectivity index (χ4n) is 6.14. The van der Waals surface area contributed by atoms with Gasteiger partial charge in [-0.15, -0.1) is 5.10 Å². The first kappa shape index (κ1) is 18.2. The van der Waals surface area contributed by atoms with E-state index in [-0.39, 0.29) is 11.3 Å². The summed E-state index contributed by atoms with van der Waals surface area (Å²) in [4.78, 5) is 17.2. The number of aryl methyl sites for hydroxylation is 2. The quantitative estimate of drug-likeness (QED) is 0.724. The van der Waals surface area contributed by atoms with Crippen molar-refractivity contribution in [2.24, 2.45) is 17.8 Å². The van der Waals surface area contributed by atoms with Gasteiger partial charge in [0, 0.05) is 11.1 Å². The summed E-state index contributed by atoms with van der Waals surface area (Å²) >= 11 is 1.42. The van der Waals surface area contributed by atoms with E-state index in [1.807, 2.05) is 26.0 Å². The standard InChI is InChI=1S/C22H28N4OS/c1-13-3-4-14(2)18(5-13)23-19(27)12-28-21-24-20(25-26-21)22-9-15-6-16(10-22)8-17(7-15)11-22/h3-5,15-17H,6-12H2,1-2H3,(H,23,27)(H,24,25,26). The first-order chi connectivity index (χ1) is 13.5. The molecule has 6 heteroatoms. The Morgan fingerprint density at radius 2 is 1.86 bits per heavy atom. The van der Waals surface area contributed by atoms with E-state index in [1.54, 1.807) is 0 Å². The van der Waals surface area contributed by atoms with Crippen LogP contribution in [0.15, 0.2) is 23.4 Å². The smallest absolute Gasteiger partial charge is 0.234 e. The molecule has 4 aliphatic carbocycles. The van der Waals surface area contributed by atoms with Crippen LogP contribution in [-0.4, -0.2) is 26.8 Å². The van der Waals surface area contributed by atoms with Crippen LogP contribution < -0.4 is 5.32 Å². The zero-order chi connectivity index (χ0) is 19.3. The van der Waals surface area contributed by atoms with Gasteiger partial charge in [-0.05, 0) is 87.3 Å². The zero-order valence-corrected chi connectivity index (χ0v) is 17.4. The molecule has 28 heavy (non-hydrogen) atoms. The van der Waals surface area contributed by atoms with E-state index >= 15 is 0 Å². The van der Waals surface area contributed by atoms with Gasteiger partial charge in [-0.1, -0.05) is 23.9 Å². The number of hydrogen-bond acceptors (Lipinski definition) is 4. The van der Waals surface area contributed by atoms with Crippen LogP contribution in [0.25, 0.3) is 0 Å². The summed E-state index contributed by atoms with van der Waals surface area (Å²) in [7, 11) is 0. The van der Waals surface area contributed by atoms with Crippen LogP contribution in [0.2, 0.25) is 0 Å². The third kappa shape index (κ3) is 3.36. The number of nitrogens with one attached hydrogen (secondary N) is 2. The Morgan fingerprint density at radius 1 is 1.18 bits per heavy atom. The van der Waals surface area contributed by atoms with Crippen LogP contribution >= 0.6 is 11.8 Å². The van der Waals surface area contributed by atoms with E-state index in [4.69, 9.17) is 4.98 Å². The number of hydrogen-bond donors (Lipinski definition) is 2. The Kier molecular flexibility index (Phi) is 4.49. The molecule has 0 aliphatic heterocycles. The van der Waals surface area contributed by atoms with Crippen LogP contribution in [0.3, 0.4) is 0 Å². The average Bonchev–Trinajstić information content (AvgIpc) is 3.12. The lowest BCUT2D eigenvalue weighted by atomic mass is 9.49. The molecule has 2 aromatic rings. The van der Waals surface area contributed by atoms with Gasteiger partial charge in [0.1, 0.15) is 5.82 Å². The van der Waals surface area contributed by atoms with Crippen molar-refractivity contribution in [2.45, 2.75) is 62.9 Å². The Morgan fingerprint density at radius 3 is 2.54 bits per heavy atom. The van der Waals surface area contributed by atoms with Gasteiger partial charge in [0.2, 0.25) is 11.1 Å². The molecular formula is C22H28N4OS. The monoisotopic (exact) mass is 396 g/mol. The van der Waals surface area contributed by atoms with Gasteiger partial charge in [-0.25, -0.2) is 4.98 Å². The number of carbonyl (C=O) groups is 1. The minimum absolute atomic E-state index is 0.0140. The molecule has 4 fully saturated rings. The Bertz CT molecular complexity index is 870. The number of benzene rings is 1. The van der Waals surface area contributed by atoms with Gasteiger partial charge in [0.15, 0.2) is 0 Å². The van der Waals surface area contributed by atoms with Crippen LogP contribution in [0.4, 0.5) is 5.69 Å². The first-order valence-electron chi connectivity index (χ1n) is 10.4. The largest absolute Gasteiger partial charge is 0.325 e. The van der Waals surface area contributed by atoms with Gasteiger partial charge >= 0.3 is 0 Å². The topological polar surface area (TPSA) is 70.7 Å². The van der Waals surface area contributed by atoms with Crippen molar-refractivity contribution in [3.63, 3.8) is 0 Å². The Balaban J connectivity index is 1.23. The van der Waals surface area contributed by atoms with Crippen molar-refractivity contribution in [1.82, 2.24) is 15.2 Å². The maximum atomic E-state index is 12.4. The maximum Gasteiger partial charge on any atom is 0.234 e. The second-order valence-electron chi connectivity index (χ2n) is 9.32. The molecule has 0 spiro atoms. The summed E-state index contributed by atoms with van der Waals surface area (Å²) in [5.41, 5.74) is 3.32. The van der Waals surface area contributed by atoms with Crippen molar-refractivity contribution >= 4 is 23.4 Å². The maximum absolute atomic E-state index is 12.4. The molecule has 148 valence electrons. The van der Waals surface area contributed by atoms with E-state index in [1.165, 1.54) is 50.3 Å². The summed E-state index contributed by atoms with van der Waals surface area (Å²) in [6.07, 6.45) is 8.08. The predicted octanol–water partition coefficient (Wildman–Crippen LogP) is 4.62. The molecule has 1 aromatic carbocycles. The number of thioether (sulfide) groups is 1. The van der Waals surface area contributed by atoms with Gasteiger partial charge < -0.3 is 5.32 Å². The van der Waals surface area contributed by atoms with E-state index < -0.39 is 0 Å². The van der Waals surface area contributed by atoms with E-state index in [9.17, 15) is 4.79 Å². The van der Waals surface area contributed by atoms with E-state index in [0.29, 0.717) is 10.9 Å². The summed E-state index contributed by atoms with van der Waals surface area (Å²) in [6.45, 7) is 4.04. The van der Waals surface area contributed by atoms with Crippen LogP contribution in [0, 0.1) is 31.6 Å². The number of aromatic amines is 1. The van der Waals surface area contributed by atoms with Gasteiger partial charge in [-0.3, -0.25) is 9.89 Å². The number of H-pyrrole nitrogens is 1. The van der Waals surface area contributed by atoms with Crippen LogP contribution in [-0.2, 0) is 10.2 Å². The fourth-order valence-corrected chi connectivity index (χ4v) is 6.73. The van der Waals surface area contributed by atoms with Gasteiger partial charge in [0.25, 0.3) is 0 Å². The van der Waals surface area contributed by atoms with Crippen LogP contribution in [0.1, 0.15) is 55.5 Å². The molecule has 0 atom stereocenters. The fraction of sp³-hybridized carbons (Fsp3) is 0.591. The summed E-state index contributed by atoms with van der Waals surface area (Å²) in [5, 5.41) is 11.4. The number of amides is 1. The predicted molar refractivity (Wildman–Crippen MR) is 112 cm³/mol. The number of nitrogens with zero attached hydrogens (tertiary/aromatic N) is 2. The highest BCUT2D eigenvalue weighted by molar-refractivity contribution is 7.99. The van der Waals surface area contributed by atoms with E-state index in [0.717, 1.165) is 40.4 Å². The molecule has 1 amide bonds. The molecule has 1 heterocycles. The van der Waals surface area contributed by atoms with Crippen molar-refractivity contribution in [3.8, 4) is 0 Å². The average molecular weight is 397 g/mol. The minimum atomic E-state index is -0.0140. The lowest BCUT2D eigenvalue weighted by Crippen LogP contribution is -2.49. The summed E-state index contributed by atoms with van der Waals surface area (Å²) in [6, 6.07) is 6.10. The molecule has 4 bridgehead atoms. The second-order valence-corrected chi connectivity index (χ2v) is 10.3. The lowest BCUT2D eigenvalue weighted by molar-refractivity contribution is -0.113. The normalized spacial score (nSPS) is 30.6. The Labute approximate surface area is 170 Å². The SMILES string of the molecule is Cc1ccc(C)c(NC(=O)CSc2n[nH]c(C34CC5CC(CC(C5)C3)C4)n2)c1. The second kappa shape index (κ2) is 6.90. The summed E-state index contributed by atoms with van der Waals surface area (Å²) in [5.74, 6) is 4.04. The van der Waals surface area contributed by atoms with Crippen molar-refractivity contribution in [2.75, 3.05) is 11.1 Å². The van der Waals surface area contributed by atoms with Crippen molar-refractivity contribution < 1.29 is 4.79 Å². The van der Waals surface area contributed by atoms with Gasteiger partial charge in [-0.2, -0.15) is 0 Å². The van der Waals surface area contributed by atoms with Crippen molar-refractivity contribution in [1.29, 1.82) is 0 Å². The first-order valence-corrected chi connectivity index (χ1v) is 11.4. The molecule has 4 saturated carbocycles. The molecule has 5 nitrogen and oxygen atoms in total. The number of anilines is 1. The third-order valence-corrected chi connectivity index (χ3v) is 7.85. The van der Waals surface area contributed by atoms with Crippen molar-refractivity contribution in [3.05, 3.63) is 35.2 Å². The molecule has 0 saturated heterocycles. The number of carbonyl (C=O) groups excluding carboxylic acids is 1. The molecule has 2 N–H and O–H groups in total. The van der Waals surface area contributed by atoms with Crippen LogP contribution in [0.5, 0.6) is 0 Å². The number of aromatic nitrogens is 3. The zero-order valence-electron chi connectivity index (χ0n) is 16.6. The third-order valence-electron chi connectivity index (χ3n) is 7.00. The number of rotatable bonds is 5. The highest BCUT2D eigenvalue weighted by Gasteiger charge is 2.53. The molecule has 4 aliphatic rings.